The Hall–Kier alpha value is -2.60. The fourth-order valence-electron chi connectivity index (χ4n) is 3.16. The molecule has 1 saturated heterocycles. The van der Waals surface area contributed by atoms with Crippen molar-refractivity contribution in [3.63, 3.8) is 0 Å². The molecule has 1 aromatic carbocycles. The summed E-state index contributed by atoms with van der Waals surface area (Å²) in [4.78, 5) is 4.00. The summed E-state index contributed by atoms with van der Waals surface area (Å²) in [6.07, 6.45) is 7.19. The van der Waals surface area contributed by atoms with E-state index in [1.807, 2.05) is 6.20 Å². The van der Waals surface area contributed by atoms with Crippen LogP contribution in [0, 0.1) is 11.6 Å². The summed E-state index contributed by atoms with van der Waals surface area (Å²) < 4.78 is 36.0. The molecule has 128 valence electrons. The Bertz CT molecular complexity index is 853. The van der Waals surface area contributed by atoms with Crippen LogP contribution in [-0.2, 0) is 11.3 Å². The van der Waals surface area contributed by atoms with Gasteiger partial charge in [-0.1, -0.05) is 6.07 Å². The fourth-order valence-corrected chi connectivity index (χ4v) is 3.16. The summed E-state index contributed by atoms with van der Waals surface area (Å²) >= 11 is 0. The molecule has 0 aliphatic carbocycles. The molecule has 4 rings (SSSR count). The smallest absolute Gasteiger partial charge is 0.135 e. The van der Waals surface area contributed by atoms with E-state index in [0.717, 1.165) is 25.0 Å². The molecular weight excluding hydrogens is 324 g/mol. The Balaban J connectivity index is 1.82. The van der Waals surface area contributed by atoms with Gasteiger partial charge in [-0.25, -0.2) is 8.78 Å². The average Bonchev–Trinajstić information content (AvgIpc) is 3.26. The Labute approximate surface area is 144 Å². The molecule has 6 heteroatoms. The van der Waals surface area contributed by atoms with Gasteiger partial charge in [0.25, 0.3) is 0 Å². The number of rotatable bonds is 4. The van der Waals surface area contributed by atoms with Crippen molar-refractivity contribution in [2.24, 2.45) is 0 Å². The standard InChI is InChI=1S/C19H17F2N3O/c20-16-4-1-5-17(21)18(16)19-15(13-6-8-22-9-7-13)12-24(23-19)11-14-3-2-10-25-14/h1,4-9,12,14H,2-3,10-11H2. The molecule has 0 N–H and O–H groups in total. The molecule has 0 amide bonds. The number of halogens is 2. The first-order valence-corrected chi connectivity index (χ1v) is 8.26. The molecule has 1 aliphatic heterocycles. The third-order valence-corrected chi connectivity index (χ3v) is 4.37. The van der Waals surface area contributed by atoms with E-state index in [0.29, 0.717) is 17.8 Å². The van der Waals surface area contributed by atoms with Crippen molar-refractivity contribution in [3.05, 3.63) is 60.6 Å². The van der Waals surface area contributed by atoms with Crippen molar-refractivity contribution < 1.29 is 13.5 Å². The number of nitrogens with zero attached hydrogens (tertiary/aromatic N) is 3. The van der Waals surface area contributed by atoms with E-state index in [1.165, 1.54) is 18.2 Å². The van der Waals surface area contributed by atoms with E-state index in [4.69, 9.17) is 4.74 Å². The van der Waals surface area contributed by atoms with Gasteiger partial charge in [0.15, 0.2) is 0 Å². The average molecular weight is 341 g/mol. The summed E-state index contributed by atoms with van der Waals surface area (Å²) in [6.45, 7) is 1.31. The Morgan fingerprint density at radius 3 is 2.56 bits per heavy atom. The molecule has 3 aromatic rings. The lowest BCUT2D eigenvalue weighted by atomic mass is 10.0. The van der Waals surface area contributed by atoms with Crippen LogP contribution >= 0.6 is 0 Å². The fraction of sp³-hybridized carbons (Fsp3) is 0.263. The first-order chi connectivity index (χ1) is 12.2. The summed E-state index contributed by atoms with van der Waals surface area (Å²) in [5.74, 6) is -1.25. The maximum absolute atomic E-state index is 14.3. The molecule has 3 heterocycles. The van der Waals surface area contributed by atoms with E-state index >= 15 is 0 Å². The molecule has 25 heavy (non-hydrogen) atoms. The van der Waals surface area contributed by atoms with E-state index < -0.39 is 11.6 Å². The lowest BCUT2D eigenvalue weighted by Gasteiger charge is -2.08. The number of aromatic nitrogens is 3. The predicted octanol–water partition coefficient (Wildman–Crippen LogP) is 4.07. The van der Waals surface area contributed by atoms with E-state index in [2.05, 4.69) is 10.1 Å². The molecule has 1 unspecified atom stereocenters. The van der Waals surface area contributed by atoms with E-state index in [9.17, 15) is 8.78 Å². The molecular formula is C19H17F2N3O. The number of pyridine rings is 1. The summed E-state index contributed by atoms with van der Waals surface area (Å²) in [7, 11) is 0. The van der Waals surface area contributed by atoms with Crippen LogP contribution < -0.4 is 0 Å². The van der Waals surface area contributed by atoms with Crippen LogP contribution in [0.25, 0.3) is 22.4 Å². The monoisotopic (exact) mass is 341 g/mol. The van der Waals surface area contributed by atoms with Gasteiger partial charge < -0.3 is 4.74 Å². The molecule has 1 aliphatic rings. The first kappa shape index (κ1) is 15.9. The van der Waals surface area contributed by atoms with E-state index in [-0.39, 0.29) is 11.7 Å². The summed E-state index contributed by atoms with van der Waals surface area (Å²) in [5.41, 5.74) is 1.66. The molecule has 0 radical (unpaired) electrons. The first-order valence-electron chi connectivity index (χ1n) is 8.26. The van der Waals surface area contributed by atoms with Crippen LogP contribution in [0.1, 0.15) is 12.8 Å². The minimum atomic E-state index is -0.627. The number of benzene rings is 1. The van der Waals surface area contributed by atoms with Crippen LogP contribution in [0.15, 0.2) is 48.9 Å². The highest BCUT2D eigenvalue weighted by atomic mass is 19.1. The zero-order chi connectivity index (χ0) is 17.2. The van der Waals surface area contributed by atoms with Gasteiger partial charge in [-0.2, -0.15) is 5.10 Å². The van der Waals surface area contributed by atoms with Gasteiger partial charge in [0.05, 0.1) is 18.2 Å². The highest BCUT2D eigenvalue weighted by Gasteiger charge is 2.22. The summed E-state index contributed by atoms with van der Waals surface area (Å²) in [5, 5.41) is 4.48. The van der Waals surface area contributed by atoms with Crippen LogP contribution in [0.2, 0.25) is 0 Å². The summed E-state index contributed by atoms with van der Waals surface area (Å²) in [6, 6.07) is 7.44. The maximum atomic E-state index is 14.3. The molecule has 1 atom stereocenters. The second kappa shape index (κ2) is 6.72. The number of hydrogen-bond acceptors (Lipinski definition) is 3. The lowest BCUT2D eigenvalue weighted by molar-refractivity contribution is 0.0941. The zero-order valence-corrected chi connectivity index (χ0v) is 13.5. The molecule has 2 aromatic heterocycles. The second-order valence-electron chi connectivity index (χ2n) is 6.08. The van der Waals surface area contributed by atoms with Crippen molar-refractivity contribution in [3.8, 4) is 22.4 Å². The number of hydrogen-bond donors (Lipinski definition) is 0. The predicted molar refractivity (Wildman–Crippen MR) is 89.8 cm³/mol. The van der Waals surface area contributed by atoms with Crippen LogP contribution in [0.5, 0.6) is 0 Å². The van der Waals surface area contributed by atoms with Crippen molar-refractivity contribution >= 4 is 0 Å². The van der Waals surface area contributed by atoms with Crippen molar-refractivity contribution in [1.29, 1.82) is 0 Å². The van der Waals surface area contributed by atoms with Gasteiger partial charge in [0.1, 0.15) is 17.3 Å². The van der Waals surface area contributed by atoms with Crippen LogP contribution in [-0.4, -0.2) is 27.5 Å². The number of ether oxygens (including phenoxy) is 1. The van der Waals surface area contributed by atoms with Crippen molar-refractivity contribution in [2.75, 3.05) is 6.61 Å². The minimum absolute atomic E-state index is 0.0866. The van der Waals surface area contributed by atoms with Crippen molar-refractivity contribution in [1.82, 2.24) is 14.8 Å². The van der Waals surface area contributed by atoms with Gasteiger partial charge in [0.2, 0.25) is 0 Å². The second-order valence-corrected chi connectivity index (χ2v) is 6.08. The molecule has 0 bridgehead atoms. The zero-order valence-electron chi connectivity index (χ0n) is 13.5. The molecule has 4 nitrogen and oxygen atoms in total. The van der Waals surface area contributed by atoms with Gasteiger partial charge >= 0.3 is 0 Å². The maximum Gasteiger partial charge on any atom is 0.135 e. The minimum Gasteiger partial charge on any atom is -0.376 e. The van der Waals surface area contributed by atoms with E-state index in [1.54, 1.807) is 29.2 Å². The SMILES string of the molecule is Fc1cccc(F)c1-c1nn(CC2CCCO2)cc1-c1ccncc1. The Morgan fingerprint density at radius 2 is 1.88 bits per heavy atom. The van der Waals surface area contributed by atoms with Gasteiger partial charge in [-0.3, -0.25) is 9.67 Å². The lowest BCUT2D eigenvalue weighted by Crippen LogP contribution is -2.15. The third-order valence-electron chi connectivity index (χ3n) is 4.37. The Kier molecular flexibility index (Phi) is 4.28. The molecule has 0 spiro atoms. The highest BCUT2D eigenvalue weighted by Crippen LogP contribution is 2.34. The van der Waals surface area contributed by atoms with Gasteiger partial charge in [-0.15, -0.1) is 0 Å². The van der Waals surface area contributed by atoms with Crippen LogP contribution in [0.3, 0.4) is 0 Å². The normalized spacial score (nSPS) is 17.1. The topological polar surface area (TPSA) is 39.9 Å². The van der Waals surface area contributed by atoms with Gasteiger partial charge in [0, 0.05) is 30.8 Å². The quantitative estimate of drug-likeness (QED) is 0.718. The highest BCUT2D eigenvalue weighted by molar-refractivity contribution is 5.80. The molecule has 1 fully saturated rings. The van der Waals surface area contributed by atoms with Crippen molar-refractivity contribution in [2.45, 2.75) is 25.5 Å². The largest absolute Gasteiger partial charge is 0.376 e. The third kappa shape index (κ3) is 3.17. The van der Waals surface area contributed by atoms with Crippen LogP contribution in [0.4, 0.5) is 8.78 Å². The van der Waals surface area contributed by atoms with Gasteiger partial charge in [-0.05, 0) is 42.7 Å². The Morgan fingerprint density at radius 1 is 1.12 bits per heavy atom. The molecule has 0 saturated carbocycles.